The highest BCUT2D eigenvalue weighted by atomic mass is 16.5. The Morgan fingerprint density at radius 2 is 1.51 bits per heavy atom. The van der Waals surface area contributed by atoms with Gasteiger partial charge in [-0.25, -0.2) is 9.59 Å². The fourth-order valence-corrected chi connectivity index (χ4v) is 2.92. The van der Waals surface area contributed by atoms with E-state index in [9.17, 15) is 19.6 Å². The van der Waals surface area contributed by atoms with E-state index in [0.717, 1.165) is 6.20 Å². The quantitative estimate of drug-likeness (QED) is 0.279. The number of nitrogens with one attached hydrogen (secondary N) is 2. The Hall–Kier alpha value is -5.10. The number of anilines is 2. The topological polar surface area (TPSA) is 127 Å². The molecule has 0 aliphatic carbocycles. The summed E-state index contributed by atoms with van der Waals surface area (Å²) in [7, 11) is 2.43. The minimum absolute atomic E-state index is 0.100. The average Bonchev–Trinajstić information content (AvgIpc) is 2.89. The van der Waals surface area contributed by atoms with E-state index < -0.39 is 17.8 Å². The second-order valence-corrected chi connectivity index (χ2v) is 6.95. The number of carbonyl (C=O) groups is 3. The van der Waals surface area contributed by atoms with Gasteiger partial charge >= 0.3 is 11.9 Å². The van der Waals surface area contributed by atoms with Crippen molar-refractivity contribution in [3.8, 4) is 17.6 Å². The molecule has 0 heterocycles. The SMILES string of the molecule is COC(=O)c1ccc(C(=O)OC)c(N/C=C(/C#N)C(=O)Nc2ccc(Oc3ccccc3)cc2)c1. The molecule has 0 saturated heterocycles. The van der Waals surface area contributed by atoms with E-state index in [1.165, 1.54) is 32.4 Å². The van der Waals surface area contributed by atoms with Crippen molar-refractivity contribution in [1.29, 1.82) is 5.26 Å². The lowest BCUT2D eigenvalue weighted by atomic mass is 10.1. The van der Waals surface area contributed by atoms with Crippen LogP contribution in [0, 0.1) is 11.3 Å². The van der Waals surface area contributed by atoms with E-state index in [1.807, 2.05) is 30.3 Å². The molecule has 176 valence electrons. The highest BCUT2D eigenvalue weighted by Crippen LogP contribution is 2.23. The molecule has 0 saturated carbocycles. The molecule has 0 aliphatic heterocycles. The van der Waals surface area contributed by atoms with Gasteiger partial charge in [-0.05, 0) is 54.6 Å². The van der Waals surface area contributed by atoms with E-state index in [-0.39, 0.29) is 22.4 Å². The summed E-state index contributed by atoms with van der Waals surface area (Å²) >= 11 is 0. The van der Waals surface area contributed by atoms with E-state index in [0.29, 0.717) is 17.2 Å². The van der Waals surface area contributed by atoms with Crippen LogP contribution in [0.2, 0.25) is 0 Å². The molecule has 0 fully saturated rings. The van der Waals surface area contributed by atoms with Crippen molar-refractivity contribution >= 4 is 29.2 Å². The van der Waals surface area contributed by atoms with Crippen molar-refractivity contribution in [2.24, 2.45) is 0 Å². The number of hydrogen-bond acceptors (Lipinski definition) is 8. The summed E-state index contributed by atoms with van der Waals surface area (Å²) < 4.78 is 15.1. The van der Waals surface area contributed by atoms with Crippen LogP contribution in [0.4, 0.5) is 11.4 Å². The first-order valence-corrected chi connectivity index (χ1v) is 10.3. The van der Waals surface area contributed by atoms with Crippen molar-refractivity contribution in [3.63, 3.8) is 0 Å². The van der Waals surface area contributed by atoms with Gasteiger partial charge in [-0.3, -0.25) is 4.79 Å². The van der Waals surface area contributed by atoms with Gasteiger partial charge in [0, 0.05) is 11.9 Å². The molecule has 0 spiro atoms. The highest BCUT2D eigenvalue weighted by molar-refractivity contribution is 6.07. The van der Waals surface area contributed by atoms with E-state index in [2.05, 4.69) is 15.4 Å². The van der Waals surface area contributed by atoms with Crippen LogP contribution in [0.5, 0.6) is 11.5 Å². The first kappa shape index (κ1) is 24.5. The van der Waals surface area contributed by atoms with Gasteiger partial charge in [0.2, 0.25) is 0 Å². The zero-order chi connectivity index (χ0) is 25.2. The number of ether oxygens (including phenoxy) is 3. The van der Waals surface area contributed by atoms with Crippen LogP contribution in [0.15, 0.2) is 84.6 Å². The molecule has 0 aliphatic rings. The second kappa shape index (κ2) is 11.7. The maximum Gasteiger partial charge on any atom is 0.339 e. The molecule has 2 N–H and O–H groups in total. The van der Waals surface area contributed by atoms with Crippen LogP contribution in [0.1, 0.15) is 20.7 Å². The van der Waals surface area contributed by atoms with Crippen molar-refractivity contribution in [2.45, 2.75) is 0 Å². The molecule has 1 amide bonds. The summed E-state index contributed by atoms with van der Waals surface area (Å²) in [4.78, 5) is 36.5. The second-order valence-electron chi connectivity index (χ2n) is 6.95. The minimum Gasteiger partial charge on any atom is -0.465 e. The molecule has 0 bridgehead atoms. The number of para-hydroxylation sites is 1. The number of amides is 1. The van der Waals surface area contributed by atoms with Crippen LogP contribution >= 0.6 is 0 Å². The van der Waals surface area contributed by atoms with E-state index in [1.54, 1.807) is 30.3 Å². The van der Waals surface area contributed by atoms with Gasteiger partial charge in [0.1, 0.15) is 23.1 Å². The van der Waals surface area contributed by atoms with Crippen molar-refractivity contribution < 1.29 is 28.6 Å². The summed E-state index contributed by atoms with van der Waals surface area (Å²) in [6, 6.07) is 21.8. The van der Waals surface area contributed by atoms with Crippen molar-refractivity contribution in [1.82, 2.24) is 0 Å². The molecule has 0 aromatic heterocycles. The molecule has 9 nitrogen and oxygen atoms in total. The van der Waals surface area contributed by atoms with Gasteiger partial charge in [0.15, 0.2) is 0 Å². The molecule has 3 aromatic rings. The Kier molecular flexibility index (Phi) is 8.18. The number of hydrogen-bond donors (Lipinski definition) is 2. The molecule has 0 atom stereocenters. The molecule has 0 radical (unpaired) electrons. The third-order valence-corrected chi connectivity index (χ3v) is 4.67. The van der Waals surface area contributed by atoms with E-state index >= 15 is 0 Å². The zero-order valence-corrected chi connectivity index (χ0v) is 18.9. The summed E-state index contributed by atoms with van der Waals surface area (Å²) in [5, 5.41) is 14.8. The van der Waals surface area contributed by atoms with Gasteiger partial charge in [0.25, 0.3) is 5.91 Å². The summed E-state index contributed by atoms with van der Waals surface area (Å²) in [5.41, 5.74) is 0.594. The lowest BCUT2D eigenvalue weighted by Gasteiger charge is -2.11. The van der Waals surface area contributed by atoms with Crippen LogP contribution < -0.4 is 15.4 Å². The monoisotopic (exact) mass is 471 g/mol. The van der Waals surface area contributed by atoms with Crippen LogP contribution in [0.3, 0.4) is 0 Å². The molecule has 9 heteroatoms. The number of carbonyl (C=O) groups excluding carboxylic acids is 3. The van der Waals surface area contributed by atoms with Crippen LogP contribution in [-0.2, 0) is 14.3 Å². The van der Waals surface area contributed by atoms with Gasteiger partial charge in [-0.1, -0.05) is 18.2 Å². The van der Waals surface area contributed by atoms with Gasteiger partial charge in [0.05, 0.1) is 31.0 Å². The number of rotatable bonds is 8. The maximum atomic E-state index is 12.6. The lowest BCUT2D eigenvalue weighted by Crippen LogP contribution is -2.15. The molecular weight excluding hydrogens is 450 g/mol. The number of nitriles is 1. The third kappa shape index (κ3) is 6.46. The predicted octanol–water partition coefficient (Wildman–Crippen LogP) is 4.51. The Morgan fingerprint density at radius 1 is 0.857 bits per heavy atom. The third-order valence-electron chi connectivity index (χ3n) is 4.67. The fourth-order valence-electron chi connectivity index (χ4n) is 2.92. The molecule has 0 unspecified atom stereocenters. The molecule has 35 heavy (non-hydrogen) atoms. The van der Waals surface area contributed by atoms with E-state index in [4.69, 9.17) is 9.47 Å². The Labute approximate surface area is 201 Å². The molecule has 3 aromatic carbocycles. The summed E-state index contributed by atoms with van der Waals surface area (Å²) in [5.74, 6) is -0.717. The summed E-state index contributed by atoms with van der Waals surface area (Å²) in [6.07, 6.45) is 1.13. The predicted molar refractivity (Wildman–Crippen MR) is 128 cm³/mol. The lowest BCUT2D eigenvalue weighted by molar-refractivity contribution is -0.112. The molecular formula is C26H21N3O6. The smallest absolute Gasteiger partial charge is 0.339 e. The number of methoxy groups -OCH3 is 2. The first-order valence-electron chi connectivity index (χ1n) is 10.3. The van der Waals surface area contributed by atoms with Gasteiger partial charge in [-0.15, -0.1) is 0 Å². The molecule has 3 rings (SSSR count). The Bertz CT molecular complexity index is 1290. The normalized spacial score (nSPS) is 10.5. The minimum atomic E-state index is -0.680. The first-order chi connectivity index (χ1) is 16.9. The fraction of sp³-hybridized carbons (Fsp3) is 0.0769. The maximum absolute atomic E-state index is 12.6. The average molecular weight is 471 g/mol. The van der Waals surface area contributed by atoms with Gasteiger partial charge in [-0.2, -0.15) is 5.26 Å². The van der Waals surface area contributed by atoms with Crippen molar-refractivity contribution in [3.05, 3.63) is 95.7 Å². The highest BCUT2D eigenvalue weighted by Gasteiger charge is 2.16. The van der Waals surface area contributed by atoms with Gasteiger partial charge < -0.3 is 24.8 Å². The van der Waals surface area contributed by atoms with Crippen LogP contribution in [0.25, 0.3) is 0 Å². The standard InChI is InChI=1S/C26H21N3O6/c1-33-25(31)17-8-13-22(26(32)34-2)23(14-17)28-16-18(15-27)24(30)29-19-9-11-21(12-10-19)35-20-6-4-3-5-7-20/h3-14,16,28H,1-2H3,(H,29,30)/b18-16-. The number of nitrogens with zero attached hydrogens (tertiary/aromatic N) is 1. The zero-order valence-electron chi connectivity index (χ0n) is 18.9. The van der Waals surface area contributed by atoms with Crippen LogP contribution in [-0.4, -0.2) is 32.1 Å². The number of esters is 2. The Morgan fingerprint density at radius 3 is 2.14 bits per heavy atom. The largest absolute Gasteiger partial charge is 0.465 e. The number of benzene rings is 3. The summed E-state index contributed by atoms with van der Waals surface area (Å²) in [6.45, 7) is 0. The Balaban J connectivity index is 1.74. The van der Waals surface area contributed by atoms with Crippen molar-refractivity contribution in [2.75, 3.05) is 24.9 Å².